The molecule has 3 aromatic rings. The van der Waals surface area contributed by atoms with E-state index in [2.05, 4.69) is 26.5 Å². The average molecular weight is 536 g/mol. The largest absolute Gasteiger partial charge is 0.488 e. The van der Waals surface area contributed by atoms with Crippen LogP contribution in [0, 0.1) is 0 Å². The fourth-order valence-electron chi connectivity index (χ4n) is 2.96. The molecule has 0 radical (unpaired) electrons. The zero-order chi connectivity index (χ0) is 22.5. The molecule has 1 aliphatic heterocycles. The monoisotopic (exact) mass is 534 g/mol. The van der Waals surface area contributed by atoms with Crippen LogP contribution in [0.1, 0.15) is 16.7 Å². The maximum Gasteiger partial charge on any atom is 0.244 e. The first-order valence-electron chi connectivity index (χ1n) is 9.54. The summed E-state index contributed by atoms with van der Waals surface area (Å²) in [6.45, 7) is 0.501. The van der Waals surface area contributed by atoms with Gasteiger partial charge in [0.1, 0.15) is 12.4 Å². The Hall–Kier alpha value is -2.74. The summed E-state index contributed by atoms with van der Waals surface area (Å²) >= 11 is 15.6. The van der Waals surface area contributed by atoms with Crippen molar-refractivity contribution in [2.45, 2.75) is 13.0 Å². The summed E-state index contributed by atoms with van der Waals surface area (Å²) in [5.41, 5.74) is 4.96. The van der Waals surface area contributed by atoms with Crippen molar-refractivity contribution in [2.75, 3.05) is 6.79 Å². The van der Waals surface area contributed by atoms with Crippen molar-refractivity contribution in [1.29, 1.82) is 0 Å². The van der Waals surface area contributed by atoms with E-state index in [-0.39, 0.29) is 19.1 Å². The van der Waals surface area contributed by atoms with E-state index in [1.54, 1.807) is 30.5 Å². The van der Waals surface area contributed by atoms with Crippen molar-refractivity contribution in [1.82, 2.24) is 5.43 Å². The van der Waals surface area contributed by atoms with E-state index in [0.29, 0.717) is 33.9 Å². The number of ether oxygens (including phenoxy) is 3. The first kappa shape index (κ1) is 22.5. The minimum Gasteiger partial charge on any atom is -0.488 e. The number of carbonyl (C=O) groups excluding carboxylic acids is 1. The van der Waals surface area contributed by atoms with E-state index in [9.17, 15) is 4.79 Å². The Morgan fingerprint density at radius 2 is 1.94 bits per heavy atom. The molecule has 0 fully saturated rings. The third-order valence-corrected chi connectivity index (χ3v) is 5.77. The Bertz CT molecular complexity index is 1190. The molecular weight excluding hydrogens is 519 g/mol. The highest BCUT2D eigenvalue weighted by molar-refractivity contribution is 9.10. The van der Waals surface area contributed by atoms with E-state index in [0.717, 1.165) is 21.2 Å². The summed E-state index contributed by atoms with van der Waals surface area (Å²) < 4.78 is 17.2. The minimum atomic E-state index is -0.237. The molecule has 0 unspecified atom stereocenters. The van der Waals surface area contributed by atoms with Crippen LogP contribution in [0.4, 0.5) is 0 Å². The summed E-state index contributed by atoms with van der Waals surface area (Å²) in [6.07, 6.45) is 1.74. The molecule has 0 atom stereocenters. The normalized spacial score (nSPS) is 12.2. The SMILES string of the molecule is O=C(Cc1ccc2c(c1)OCO2)N/N=C\c1ccc(OCc2ccc(Cl)cc2Cl)c(Br)c1. The van der Waals surface area contributed by atoms with Crippen molar-refractivity contribution in [3.8, 4) is 17.2 Å². The lowest BCUT2D eigenvalue weighted by Crippen LogP contribution is -2.19. The molecule has 0 saturated heterocycles. The fourth-order valence-corrected chi connectivity index (χ4v) is 3.94. The molecule has 6 nitrogen and oxygen atoms in total. The first-order valence-corrected chi connectivity index (χ1v) is 11.1. The van der Waals surface area contributed by atoms with Crippen molar-refractivity contribution < 1.29 is 19.0 Å². The highest BCUT2D eigenvalue weighted by Crippen LogP contribution is 2.32. The lowest BCUT2D eigenvalue weighted by molar-refractivity contribution is -0.120. The van der Waals surface area contributed by atoms with Gasteiger partial charge in [0, 0.05) is 15.6 Å². The molecule has 32 heavy (non-hydrogen) atoms. The van der Waals surface area contributed by atoms with Gasteiger partial charge in [-0.1, -0.05) is 35.3 Å². The van der Waals surface area contributed by atoms with Crippen LogP contribution in [0.5, 0.6) is 17.2 Å². The molecule has 3 aromatic carbocycles. The highest BCUT2D eigenvalue weighted by atomic mass is 79.9. The topological polar surface area (TPSA) is 69.2 Å². The maximum atomic E-state index is 12.1. The van der Waals surface area contributed by atoms with Gasteiger partial charge in [-0.2, -0.15) is 5.10 Å². The number of halogens is 3. The van der Waals surface area contributed by atoms with Crippen LogP contribution in [-0.4, -0.2) is 18.9 Å². The van der Waals surface area contributed by atoms with Gasteiger partial charge in [-0.05, 0) is 69.5 Å². The number of amides is 1. The van der Waals surface area contributed by atoms with Gasteiger partial charge in [-0.3, -0.25) is 4.79 Å². The van der Waals surface area contributed by atoms with Crippen LogP contribution in [0.25, 0.3) is 0 Å². The molecule has 0 bridgehead atoms. The van der Waals surface area contributed by atoms with Gasteiger partial charge in [0.2, 0.25) is 12.7 Å². The molecule has 1 heterocycles. The number of hydrogen-bond acceptors (Lipinski definition) is 5. The zero-order valence-electron chi connectivity index (χ0n) is 16.6. The number of rotatable bonds is 7. The van der Waals surface area contributed by atoms with Crippen molar-refractivity contribution in [2.24, 2.45) is 5.10 Å². The third-order valence-electron chi connectivity index (χ3n) is 4.56. The summed E-state index contributed by atoms with van der Waals surface area (Å²) in [6, 6.07) is 16.1. The molecular formula is C23H17BrCl2N2O4. The van der Waals surface area contributed by atoms with E-state index in [1.807, 2.05) is 30.3 Å². The lowest BCUT2D eigenvalue weighted by Gasteiger charge is -2.10. The van der Waals surface area contributed by atoms with Crippen molar-refractivity contribution >= 4 is 51.3 Å². The fraction of sp³-hybridized carbons (Fsp3) is 0.130. The number of nitrogens with one attached hydrogen (secondary N) is 1. The van der Waals surface area contributed by atoms with Crippen molar-refractivity contribution in [3.05, 3.63) is 85.8 Å². The van der Waals surface area contributed by atoms with Crippen LogP contribution in [0.2, 0.25) is 10.0 Å². The third kappa shape index (κ3) is 5.73. The lowest BCUT2D eigenvalue weighted by atomic mass is 10.1. The van der Waals surface area contributed by atoms with Crippen LogP contribution in [0.15, 0.2) is 64.2 Å². The van der Waals surface area contributed by atoms with E-state index in [1.165, 1.54) is 0 Å². The number of carbonyl (C=O) groups is 1. The molecule has 0 aliphatic carbocycles. The molecule has 1 aliphatic rings. The van der Waals surface area contributed by atoms with E-state index >= 15 is 0 Å². The first-order chi connectivity index (χ1) is 15.5. The molecule has 0 saturated carbocycles. The van der Waals surface area contributed by atoms with E-state index < -0.39 is 0 Å². The smallest absolute Gasteiger partial charge is 0.244 e. The number of nitrogens with zero attached hydrogens (tertiary/aromatic N) is 1. The highest BCUT2D eigenvalue weighted by Gasteiger charge is 2.14. The number of hydrogen-bond donors (Lipinski definition) is 1. The van der Waals surface area contributed by atoms with E-state index in [4.69, 9.17) is 37.4 Å². The molecule has 4 rings (SSSR count). The molecule has 9 heteroatoms. The summed E-state index contributed by atoms with van der Waals surface area (Å²) in [4.78, 5) is 12.1. The summed E-state index contributed by atoms with van der Waals surface area (Å²) in [5, 5.41) is 5.15. The average Bonchev–Trinajstić information content (AvgIpc) is 3.22. The molecule has 164 valence electrons. The Balaban J connectivity index is 1.30. The Morgan fingerprint density at radius 1 is 1.09 bits per heavy atom. The van der Waals surface area contributed by atoms with Gasteiger partial charge in [0.25, 0.3) is 0 Å². The number of hydrazone groups is 1. The van der Waals surface area contributed by atoms with Gasteiger partial charge >= 0.3 is 0 Å². The van der Waals surface area contributed by atoms with Gasteiger partial charge in [0.05, 0.1) is 17.1 Å². The van der Waals surface area contributed by atoms with Gasteiger partial charge in [-0.25, -0.2) is 5.43 Å². The predicted molar refractivity (Wildman–Crippen MR) is 127 cm³/mol. The predicted octanol–water partition coefficient (Wildman–Crippen LogP) is 5.76. The Kier molecular flexibility index (Phi) is 7.19. The molecule has 0 spiro atoms. The van der Waals surface area contributed by atoms with Crippen LogP contribution in [0.3, 0.4) is 0 Å². The standard InChI is InChI=1S/C23H17BrCl2N2O4/c24-18-7-15(2-5-20(18)30-12-16-3-4-17(25)10-19(16)26)11-27-28-23(29)9-14-1-6-21-22(8-14)32-13-31-21/h1-8,10-11H,9,12-13H2,(H,28,29)/b27-11-. The maximum absolute atomic E-state index is 12.1. The van der Waals surface area contributed by atoms with Gasteiger partial charge < -0.3 is 14.2 Å². The van der Waals surface area contributed by atoms with Crippen molar-refractivity contribution in [3.63, 3.8) is 0 Å². The summed E-state index contributed by atoms with van der Waals surface area (Å²) in [5.74, 6) is 1.74. The number of fused-ring (bicyclic) bond motifs is 1. The number of benzene rings is 3. The quantitative estimate of drug-likeness (QED) is 0.308. The Morgan fingerprint density at radius 3 is 2.75 bits per heavy atom. The van der Waals surface area contributed by atoms with Gasteiger partial charge in [-0.15, -0.1) is 0 Å². The van der Waals surface area contributed by atoms with Crippen LogP contribution >= 0.6 is 39.1 Å². The second-order valence-electron chi connectivity index (χ2n) is 6.87. The Labute approximate surface area is 203 Å². The second kappa shape index (κ2) is 10.3. The van der Waals surface area contributed by atoms with Crippen LogP contribution < -0.4 is 19.6 Å². The molecule has 1 amide bonds. The summed E-state index contributed by atoms with van der Waals surface area (Å²) in [7, 11) is 0. The van der Waals surface area contributed by atoms with Crippen LogP contribution in [-0.2, 0) is 17.8 Å². The molecule has 0 aromatic heterocycles. The second-order valence-corrected chi connectivity index (χ2v) is 8.57. The van der Waals surface area contributed by atoms with Gasteiger partial charge in [0.15, 0.2) is 11.5 Å². The minimum absolute atomic E-state index is 0.178. The molecule has 1 N–H and O–H groups in total. The zero-order valence-corrected chi connectivity index (χ0v) is 19.7.